The lowest BCUT2D eigenvalue weighted by atomic mass is 10.2. The summed E-state index contributed by atoms with van der Waals surface area (Å²) in [6.45, 7) is 4.47. The lowest BCUT2D eigenvalue weighted by molar-refractivity contribution is 0.0778. The van der Waals surface area contributed by atoms with E-state index in [1.54, 1.807) is 30.8 Å². The van der Waals surface area contributed by atoms with E-state index in [4.69, 9.17) is 0 Å². The molecule has 0 spiro atoms. The number of nitrogens with zero attached hydrogens (tertiary/aromatic N) is 6. The lowest BCUT2D eigenvalue weighted by Gasteiger charge is -2.16. The number of hydrogen-bond donors (Lipinski definition) is 0. The number of rotatable bonds is 5. The maximum atomic E-state index is 13.0. The van der Waals surface area contributed by atoms with Crippen molar-refractivity contribution in [2.24, 2.45) is 0 Å². The third-order valence-corrected chi connectivity index (χ3v) is 4.57. The predicted octanol–water partition coefficient (Wildman–Crippen LogP) is 2.21. The molecule has 7 nitrogen and oxygen atoms in total. The van der Waals surface area contributed by atoms with Gasteiger partial charge in [-0.3, -0.25) is 4.79 Å². The zero-order valence-electron chi connectivity index (χ0n) is 14.1. The van der Waals surface area contributed by atoms with Crippen molar-refractivity contribution in [1.29, 1.82) is 0 Å². The second-order valence-electron chi connectivity index (χ2n) is 5.77. The van der Waals surface area contributed by atoms with E-state index in [0.29, 0.717) is 24.5 Å². The summed E-state index contributed by atoms with van der Waals surface area (Å²) < 4.78 is 23.0. The van der Waals surface area contributed by atoms with Crippen molar-refractivity contribution in [3.8, 4) is 0 Å². The van der Waals surface area contributed by atoms with E-state index in [2.05, 4.69) is 19.1 Å². The van der Waals surface area contributed by atoms with Crippen molar-refractivity contribution in [3.63, 3.8) is 0 Å². The Balaban J connectivity index is 1.73. The number of aryl methyl sites for hydroxylation is 1. The molecular formula is C16H17FN6OS. The molecule has 0 saturated heterocycles. The Morgan fingerprint density at radius 2 is 1.96 bits per heavy atom. The Hall–Kier alpha value is -2.68. The van der Waals surface area contributed by atoms with Crippen LogP contribution >= 0.6 is 11.7 Å². The highest BCUT2D eigenvalue weighted by atomic mass is 32.1. The number of amides is 1. The van der Waals surface area contributed by atoms with Gasteiger partial charge in [0, 0.05) is 13.6 Å². The highest BCUT2D eigenvalue weighted by Gasteiger charge is 2.21. The summed E-state index contributed by atoms with van der Waals surface area (Å²) in [6, 6.07) is 6.06. The molecule has 0 aliphatic carbocycles. The van der Waals surface area contributed by atoms with Crippen LogP contribution in [0.1, 0.15) is 33.1 Å². The highest BCUT2D eigenvalue weighted by Crippen LogP contribution is 2.13. The van der Waals surface area contributed by atoms with Crippen LogP contribution in [-0.2, 0) is 13.1 Å². The highest BCUT2D eigenvalue weighted by molar-refractivity contribution is 6.99. The van der Waals surface area contributed by atoms with Crippen molar-refractivity contribution in [2.75, 3.05) is 7.05 Å². The van der Waals surface area contributed by atoms with E-state index >= 15 is 0 Å². The standard InChI is InChI=1S/C16H17FN6OS/c1-10-14(20-25-19-10)9-23-11(2)15(18-21-23)16(24)22(3)8-12-4-6-13(17)7-5-12/h4-7H,8-9H2,1-3H3. The maximum absolute atomic E-state index is 13.0. The quantitative estimate of drug-likeness (QED) is 0.697. The van der Waals surface area contributed by atoms with Crippen LogP contribution in [-0.4, -0.2) is 41.6 Å². The largest absolute Gasteiger partial charge is 0.336 e. The molecule has 0 atom stereocenters. The predicted molar refractivity (Wildman–Crippen MR) is 90.7 cm³/mol. The third kappa shape index (κ3) is 3.71. The minimum Gasteiger partial charge on any atom is -0.336 e. The van der Waals surface area contributed by atoms with Gasteiger partial charge in [0.25, 0.3) is 5.91 Å². The molecule has 2 aromatic heterocycles. The zero-order valence-corrected chi connectivity index (χ0v) is 14.9. The summed E-state index contributed by atoms with van der Waals surface area (Å²) in [5.74, 6) is -0.537. The summed E-state index contributed by atoms with van der Waals surface area (Å²) in [5.41, 5.74) is 3.47. The van der Waals surface area contributed by atoms with Crippen LogP contribution in [0.5, 0.6) is 0 Å². The Labute approximate surface area is 148 Å². The molecular weight excluding hydrogens is 343 g/mol. The third-order valence-electron chi connectivity index (χ3n) is 3.91. The Morgan fingerprint density at radius 3 is 2.60 bits per heavy atom. The summed E-state index contributed by atoms with van der Waals surface area (Å²) >= 11 is 1.15. The molecule has 9 heteroatoms. The summed E-state index contributed by atoms with van der Waals surface area (Å²) in [7, 11) is 1.68. The minimum atomic E-state index is -0.302. The minimum absolute atomic E-state index is 0.235. The molecule has 1 aromatic carbocycles. The van der Waals surface area contributed by atoms with Gasteiger partial charge in [-0.25, -0.2) is 9.07 Å². The number of halogens is 1. The second-order valence-corrected chi connectivity index (χ2v) is 6.29. The fraction of sp³-hybridized carbons (Fsp3) is 0.312. The molecule has 1 amide bonds. The van der Waals surface area contributed by atoms with Crippen LogP contribution in [0, 0.1) is 19.7 Å². The average molecular weight is 360 g/mol. The first-order valence-corrected chi connectivity index (χ1v) is 8.36. The first-order chi connectivity index (χ1) is 12.0. The van der Waals surface area contributed by atoms with E-state index in [-0.39, 0.29) is 11.7 Å². The van der Waals surface area contributed by atoms with Crippen molar-refractivity contribution in [3.05, 3.63) is 58.4 Å². The molecule has 0 saturated carbocycles. The Kier molecular flexibility index (Phi) is 4.84. The molecule has 25 heavy (non-hydrogen) atoms. The number of carbonyl (C=O) groups excluding carboxylic acids is 1. The monoisotopic (exact) mass is 360 g/mol. The molecule has 0 aliphatic rings. The second kappa shape index (κ2) is 7.06. The number of benzene rings is 1. The van der Waals surface area contributed by atoms with Gasteiger partial charge in [0.05, 0.1) is 35.4 Å². The molecule has 2 heterocycles. The normalized spacial score (nSPS) is 10.9. The molecule has 3 aromatic rings. The van der Waals surface area contributed by atoms with Gasteiger partial charge in [-0.1, -0.05) is 17.3 Å². The first kappa shape index (κ1) is 17.2. The van der Waals surface area contributed by atoms with Gasteiger partial charge in [0.2, 0.25) is 0 Å². The number of aromatic nitrogens is 5. The van der Waals surface area contributed by atoms with Crippen LogP contribution < -0.4 is 0 Å². The number of carbonyl (C=O) groups is 1. The van der Waals surface area contributed by atoms with Gasteiger partial charge in [-0.15, -0.1) is 5.10 Å². The summed E-state index contributed by atoms with van der Waals surface area (Å²) in [6.07, 6.45) is 0. The van der Waals surface area contributed by atoms with Crippen LogP contribution in [0.3, 0.4) is 0 Å². The smallest absolute Gasteiger partial charge is 0.276 e. The number of hydrogen-bond acceptors (Lipinski definition) is 6. The van der Waals surface area contributed by atoms with Gasteiger partial charge < -0.3 is 4.90 Å². The summed E-state index contributed by atoms with van der Waals surface area (Å²) in [4.78, 5) is 14.2. The molecule has 0 N–H and O–H groups in total. The Bertz CT molecular complexity index is 888. The maximum Gasteiger partial charge on any atom is 0.276 e. The van der Waals surface area contributed by atoms with Gasteiger partial charge in [-0.2, -0.15) is 8.75 Å². The zero-order chi connectivity index (χ0) is 18.0. The molecule has 3 rings (SSSR count). The van der Waals surface area contributed by atoms with Crippen LogP contribution in [0.25, 0.3) is 0 Å². The van der Waals surface area contributed by atoms with E-state index in [9.17, 15) is 9.18 Å². The Morgan fingerprint density at radius 1 is 1.24 bits per heavy atom. The van der Waals surface area contributed by atoms with Crippen LogP contribution in [0.4, 0.5) is 4.39 Å². The van der Waals surface area contributed by atoms with Gasteiger partial charge in [0.1, 0.15) is 5.82 Å². The summed E-state index contributed by atoms with van der Waals surface area (Å²) in [5, 5.41) is 8.08. The van der Waals surface area contributed by atoms with E-state index < -0.39 is 0 Å². The molecule has 0 radical (unpaired) electrons. The van der Waals surface area contributed by atoms with Crippen LogP contribution in [0.2, 0.25) is 0 Å². The van der Waals surface area contributed by atoms with Crippen molar-refractivity contribution < 1.29 is 9.18 Å². The van der Waals surface area contributed by atoms with Crippen LogP contribution in [0.15, 0.2) is 24.3 Å². The van der Waals surface area contributed by atoms with Gasteiger partial charge in [-0.05, 0) is 31.5 Å². The molecule has 0 aliphatic heterocycles. The SMILES string of the molecule is Cc1nsnc1Cn1nnc(C(=O)N(C)Cc2ccc(F)cc2)c1C. The fourth-order valence-electron chi connectivity index (χ4n) is 2.36. The molecule has 0 unspecified atom stereocenters. The fourth-order valence-corrected chi connectivity index (χ4v) is 2.92. The van der Waals surface area contributed by atoms with Crippen molar-refractivity contribution in [1.82, 2.24) is 28.6 Å². The molecule has 0 bridgehead atoms. The first-order valence-electron chi connectivity index (χ1n) is 7.63. The lowest BCUT2D eigenvalue weighted by Crippen LogP contribution is -2.27. The van der Waals surface area contributed by atoms with Gasteiger partial charge in [0.15, 0.2) is 5.69 Å². The van der Waals surface area contributed by atoms with E-state index in [0.717, 1.165) is 28.7 Å². The van der Waals surface area contributed by atoms with Crippen molar-refractivity contribution in [2.45, 2.75) is 26.9 Å². The topological polar surface area (TPSA) is 76.8 Å². The van der Waals surface area contributed by atoms with Crippen molar-refractivity contribution >= 4 is 17.6 Å². The van der Waals surface area contributed by atoms with E-state index in [1.165, 1.54) is 17.0 Å². The van der Waals surface area contributed by atoms with Gasteiger partial charge >= 0.3 is 0 Å². The average Bonchev–Trinajstić information content (AvgIpc) is 3.16. The van der Waals surface area contributed by atoms with E-state index in [1.807, 2.05) is 6.92 Å². The molecule has 0 fully saturated rings. The molecule has 130 valence electrons.